The maximum Gasteiger partial charge on any atom is 0.166 e. The molecular formula is C10H11N3OS. The first-order valence-electron chi connectivity index (χ1n) is 5.02. The summed E-state index contributed by atoms with van der Waals surface area (Å²) < 4.78 is 0. The number of fused-ring (bicyclic) bond motifs is 1. The molecule has 0 aliphatic heterocycles. The predicted molar refractivity (Wildman–Crippen MR) is 57.6 cm³/mol. The van der Waals surface area contributed by atoms with Crippen LogP contribution in [0.1, 0.15) is 29.5 Å². The summed E-state index contributed by atoms with van der Waals surface area (Å²) in [4.78, 5) is 12.9. The van der Waals surface area contributed by atoms with E-state index in [9.17, 15) is 5.11 Å². The Hall–Kier alpha value is -1.20. The number of thiazole rings is 1. The molecule has 0 bridgehead atoms. The minimum Gasteiger partial charge on any atom is -0.387 e. The Morgan fingerprint density at radius 3 is 3.20 bits per heavy atom. The smallest absolute Gasteiger partial charge is 0.166 e. The Morgan fingerprint density at radius 2 is 2.47 bits per heavy atom. The molecule has 5 heteroatoms. The van der Waals surface area contributed by atoms with E-state index in [0.29, 0.717) is 0 Å². The third kappa shape index (κ3) is 1.48. The summed E-state index contributed by atoms with van der Waals surface area (Å²) in [6.45, 7) is 0. The number of aliphatic hydroxyl groups excluding tert-OH is 1. The molecule has 15 heavy (non-hydrogen) atoms. The fourth-order valence-corrected chi connectivity index (χ4v) is 3.00. The van der Waals surface area contributed by atoms with Crippen LogP contribution in [0.25, 0.3) is 10.8 Å². The second kappa shape index (κ2) is 3.43. The van der Waals surface area contributed by atoms with Crippen LogP contribution in [0.5, 0.6) is 0 Å². The largest absolute Gasteiger partial charge is 0.387 e. The van der Waals surface area contributed by atoms with Gasteiger partial charge in [-0.25, -0.2) is 9.97 Å². The molecule has 0 amide bonds. The summed E-state index contributed by atoms with van der Waals surface area (Å²) in [6.07, 6.45) is 6.03. The third-order valence-corrected chi connectivity index (χ3v) is 3.76. The maximum atomic E-state index is 9.79. The van der Waals surface area contributed by atoms with E-state index in [4.69, 9.17) is 0 Å². The molecule has 0 spiro atoms. The maximum absolute atomic E-state index is 9.79. The molecule has 2 aromatic heterocycles. The lowest BCUT2D eigenvalue weighted by atomic mass is 10.0. The molecule has 1 unspecified atom stereocenters. The van der Waals surface area contributed by atoms with Crippen molar-refractivity contribution in [2.45, 2.75) is 25.4 Å². The average molecular weight is 221 g/mol. The van der Waals surface area contributed by atoms with E-state index in [0.717, 1.165) is 35.8 Å². The van der Waals surface area contributed by atoms with Crippen molar-refractivity contribution in [2.75, 3.05) is 0 Å². The number of aliphatic hydroxyl groups is 1. The Morgan fingerprint density at radius 1 is 1.53 bits per heavy atom. The van der Waals surface area contributed by atoms with Crippen LogP contribution in [-0.4, -0.2) is 20.1 Å². The van der Waals surface area contributed by atoms with E-state index in [1.54, 1.807) is 23.7 Å². The third-order valence-electron chi connectivity index (χ3n) is 2.63. The fraction of sp³-hybridized carbons (Fsp3) is 0.400. The van der Waals surface area contributed by atoms with Gasteiger partial charge in [-0.1, -0.05) is 0 Å². The first kappa shape index (κ1) is 9.06. The van der Waals surface area contributed by atoms with Gasteiger partial charge in [-0.05, 0) is 19.3 Å². The van der Waals surface area contributed by atoms with Gasteiger partial charge in [0.15, 0.2) is 10.8 Å². The van der Waals surface area contributed by atoms with Gasteiger partial charge < -0.3 is 10.1 Å². The van der Waals surface area contributed by atoms with Crippen molar-refractivity contribution < 1.29 is 5.11 Å². The zero-order valence-corrected chi connectivity index (χ0v) is 8.92. The van der Waals surface area contributed by atoms with Crippen molar-refractivity contribution in [1.29, 1.82) is 0 Å². The number of imidazole rings is 1. The zero-order valence-electron chi connectivity index (χ0n) is 8.10. The van der Waals surface area contributed by atoms with Gasteiger partial charge in [0.25, 0.3) is 0 Å². The lowest BCUT2D eigenvalue weighted by Crippen LogP contribution is -2.07. The standard InChI is InChI=1S/C10H11N3OS/c14-6-2-1-3-7-8(6)13-10(15-7)9-11-4-5-12-9/h4-6,14H,1-3H2,(H,11,12). The van der Waals surface area contributed by atoms with Crippen LogP contribution in [-0.2, 0) is 6.42 Å². The molecule has 0 saturated carbocycles. The summed E-state index contributed by atoms with van der Waals surface area (Å²) in [5.41, 5.74) is 0.859. The molecule has 0 aromatic carbocycles. The van der Waals surface area contributed by atoms with Crippen molar-refractivity contribution in [3.05, 3.63) is 23.0 Å². The quantitative estimate of drug-likeness (QED) is 0.773. The summed E-state index contributed by atoms with van der Waals surface area (Å²) >= 11 is 1.63. The molecule has 1 aliphatic rings. The average Bonchev–Trinajstić information content (AvgIpc) is 2.86. The molecule has 4 nitrogen and oxygen atoms in total. The van der Waals surface area contributed by atoms with E-state index in [-0.39, 0.29) is 6.10 Å². The number of hydrogen-bond donors (Lipinski definition) is 2. The van der Waals surface area contributed by atoms with Gasteiger partial charge in [0.05, 0.1) is 11.8 Å². The van der Waals surface area contributed by atoms with E-state index in [1.165, 1.54) is 4.88 Å². The molecule has 78 valence electrons. The molecule has 2 aromatic rings. The molecule has 0 radical (unpaired) electrons. The van der Waals surface area contributed by atoms with E-state index < -0.39 is 0 Å². The number of aromatic amines is 1. The van der Waals surface area contributed by atoms with Gasteiger partial charge in [-0.15, -0.1) is 11.3 Å². The highest BCUT2D eigenvalue weighted by molar-refractivity contribution is 7.15. The van der Waals surface area contributed by atoms with Crippen LogP contribution in [0.15, 0.2) is 12.4 Å². The van der Waals surface area contributed by atoms with Crippen LogP contribution < -0.4 is 0 Å². The Balaban J connectivity index is 2.06. The molecule has 0 saturated heterocycles. The highest BCUT2D eigenvalue weighted by Gasteiger charge is 2.23. The van der Waals surface area contributed by atoms with Gasteiger partial charge in [-0.2, -0.15) is 0 Å². The van der Waals surface area contributed by atoms with Crippen LogP contribution >= 0.6 is 11.3 Å². The molecular weight excluding hydrogens is 210 g/mol. The molecule has 1 atom stereocenters. The van der Waals surface area contributed by atoms with Crippen molar-refractivity contribution in [1.82, 2.24) is 15.0 Å². The number of rotatable bonds is 1. The normalized spacial score (nSPS) is 20.2. The lowest BCUT2D eigenvalue weighted by molar-refractivity contribution is 0.153. The summed E-state index contributed by atoms with van der Waals surface area (Å²) in [7, 11) is 0. The fourth-order valence-electron chi connectivity index (χ4n) is 1.88. The van der Waals surface area contributed by atoms with Gasteiger partial charge in [0.2, 0.25) is 0 Å². The highest BCUT2D eigenvalue weighted by Crippen LogP contribution is 2.35. The number of aromatic nitrogens is 3. The number of nitrogens with one attached hydrogen (secondary N) is 1. The second-order valence-electron chi connectivity index (χ2n) is 3.67. The number of aryl methyl sites for hydroxylation is 1. The minimum absolute atomic E-state index is 0.381. The Bertz CT molecular complexity index is 463. The van der Waals surface area contributed by atoms with Crippen molar-refractivity contribution >= 4 is 11.3 Å². The van der Waals surface area contributed by atoms with Crippen molar-refractivity contribution in [2.24, 2.45) is 0 Å². The predicted octanol–water partition coefficient (Wildman–Crippen LogP) is 1.90. The van der Waals surface area contributed by atoms with Crippen LogP contribution in [0.4, 0.5) is 0 Å². The minimum atomic E-state index is -0.381. The second-order valence-corrected chi connectivity index (χ2v) is 4.76. The molecule has 3 rings (SSSR count). The van der Waals surface area contributed by atoms with Crippen LogP contribution in [0.2, 0.25) is 0 Å². The zero-order chi connectivity index (χ0) is 10.3. The van der Waals surface area contributed by atoms with Crippen LogP contribution in [0.3, 0.4) is 0 Å². The lowest BCUT2D eigenvalue weighted by Gasteiger charge is -2.14. The van der Waals surface area contributed by atoms with Gasteiger partial charge >= 0.3 is 0 Å². The topological polar surface area (TPSA) is 61.8 Å². The van der Waals surface area contributed by atoms with Gasteiger partial charge in [0, 0.05) is 17.3 Å². The number of hydrogen-bond acceptors (Lipinski definition) is 4. The van der Waals surface area contributed by atoms with Crippen molar-refractivity contribution in [3.8, 4) is 10.8 Å². The van der Waals surface area contributed by atoms with Gasteiger partial charge in [0.1, 0.15) is 0 Å². The molecule has 1 aliphatic carbocycles. The summed E-state index contributed by atoms with van der Waals surface area (Å²) in [5.74, 6) is 0.793. The van der Waals surface area contributed by atoms with Crippen LogP contribution in [0, 0.1) is 0 Å². The molecule has 0 fully saturated rings. The van der Waals surface area contributed by atoms with Crippen molar-refractivity contribution in [3.63, 3.8) is 0 Å². The summed E-state index contributed by atoms with van der Waals surface area (Å²) in [5, 5.41) is 10.7. The van der Waals surface area contributed by atoms with E-state index in [1.807, 2.05) is 0 Å². The Labute approximate surface area is 91.0 Å². The molecule has 2 heterocycles. The monoisotopic (exact) mass is 221 g/mol. The first-order valence-corrected chi connectivity index (χ1v) is 5.83. The van der Waals surface area contributed by atoms with E-state index in [2.05, 4.69) is 15.0 Å². The molecule has 2 N–H and O–H groups in total. The number of H-pyrrole nitrogens is 1. The summed E-state index contributed by atoms with van der Waals surface area (Å²) in [6, 6.07) is 0. The highest BCUT2D eigenvalue weighted by atomic mass is 32.1. The number of nitrogens with zero attached hydrogens (tertiary/aromatic N) is 2. The SMILES string of the molecule is OC1CCCc2sc(-c3ncc[nH]3)nc21. The van der Waals surface area contributed by atoms with Gasteiger partial charge in [-0.3, -0.25) is 0 Å². The Kier molecular flexibility index (Phi) is 2.07. The first-order chi connectivity index (χ1) is 7.34. The van der Waals surface area contributed by atoms with E-state index >= 15 is 0 Å².